The van der Waals surface area contributed by atoms with Crippen molar-refractivity contribution in [1.82, 2.24) is 0 Å². The third-order valence-corrected chi connectivity index (χ3v) is 3.44. The van der Waals surface area contributed by atoms with Crippen LogP contribution in [0.25, 0.3) is 0 Å². The number of carbonyl (C=O) groups excluding carboxylic acids is 3. The predicted octanol–water partition coefficient (Wildman–Crippen LogP) is 2.04. The zero-order valence-corrected chi connectivity index (χ0v) is 10.4. The summed E-state index contributed by atoms with van der Waals surface area (Å²) >= 11 is 0. The molecule has 0 amide bonds. The van der Waals surface area contributed by atoms with Crippen molar-refractivity contribution in [2.24, 2.45) is 5.92 Å². The van der Waals surface area contributed by atoms with Gasteiger partial charge in [0.25, 0.3) is 0 Å². The monoisotopic (exact) mass is 244 g/mol. The molecule has 1 fully saturated rings. The highest BCUT2D eigenvalue weighted by Crippen LogP contribution is 2.20. The molecule has 1 aromatic carbocycles. The lowest BCUT2D eigenvalue weighted by atomic mass is 9.82. The predicted molar refractivity (Wildman–Crippen MR) is 67.2 cm³/mol. The first-order chi connectivity index (χ1) is 8.59. The summed E-state index contributed by atoms with van der Waals surface area (Å²) in [4.78, 5) is 35.5. The van der Waals surface area contributed by atoms with Crippen LogP contribution in [0.5, 0.6) is 0 Å². The summed E-state index contributed by atoms with van der Waals surface area (Å²) < 4.78 is 0. The topological polar surface area (TPSA) is 51.2 Å². The van der Waals surface area contributed by atoms with E-state index >= 15 is 0 Å². The molecule has 2 rings (SSSR count). The molecule has 0 radical (unpaired) electrons. The zero-order valence-electron chi connectivity index (χ0n) is 10.4. The summed E-state index contributed by atoms with van der Waals surface area (Å²) in [5, 5.41) is 0. The smallest absolute Gasteiger partial charge is 0.155 e. The Morgan fingerprint density at radius 2 is 1.78 bits per heavy atom. The van der Waals surface area contributed by atoms with E-state index in [9.17, 15) is 14.4 Å². The summed E-state index contributed by atoms with van der Waals surface area (Å²) in [6.45, 7) is 1.92. The van der Waals surface area contributed by atoms with E-state index in [-0.39, 0.29) is 23.8 Å². The number of carbonyl (C=O) groups is 3. The molecule has 18 heavy (non-hydrogen) atoms. The van der Waals surface area contributed by atoms with Gasteiger partial charge in [0.05, 0.1) is 0 Å². The molecule has 3 heteroatoms. The Morgan fingerprint density at radius 1 is 1.17 bits per heavy atom. The van der Waals surface area contributed by atoms with E-state index in [0.717, 1.165) is 11.1 Å². The van der Waals surface area contributed by atoms with Crippen molar-refractivity contribution in [3.8, 4) is 0 Å². The zero-order chi connectivity index (χ0) is 13.1. The molecular formula is C15H16O3. The quantitative estimate of drug-likeness (QED) is 0.764. The van der Waals surface area contributed by atoms with Gasteiger partial charge in [-0.15, -0.1) is 0 Å². The minimum atomic E-state index is -1.00. The second-order valence-corrected chi connectivity index (χ2v) is 4.79. The van der Waals surface area contributed by atoms with Crippen molar-refractivity contribution in [3.05, 3.63) is 35.4 Å². The van der Waals surface area contributed by atoms with E-state index in [1.54, 1.807) is 0 Å². The molecule has 1 aliphatic carbocycles. The van der Waals surface area contributed by atoms with E-state index in [1.807, 2.05) is 31.2 Å². The van der Waals surface area contributed by atoms with Gasteiger partial charge in [-0.05, 0) is 24.5 Å². The molecule has 0 heterocycles. The SMILES string of the molecule is Cc1ccccc1CC(=O)C1C(=O)CCCC1=O. The second-order valence-electron chi connectivity index (χ2n) is 4.79. The molecule has 1 aliphatic rings. The van der Waals surface area contributed by atoms with Crippen molar-refractivity contribution in [2.45, 2.75) is 32.6 Å². The Morgan fingerprint density at radius 3 is 2.39 bits per heavy atom. The third kappa shape index (κ3) is 2.55. The average molecular weight is 244 g/mol. The maximum Gasteiger partial charge on any atom is 0.155 e. The molecule has 3 nitrogen and oxygen atoms in total. The standard InChI is InChI=1S/C15H16O3/c1-10-5-2-3-6-11(10)9-14(18)15-12(16)7-4-8-13(15)17/h2-3,5-6,15H,4,7-9H2,1H3. The van der Waals surface area contributed by atoms with Crippen LogP contribution in [0.15, 0.2) is 24.3 Å². The fraction of sp³-hybridized carbons (Fsp3) is 0.400. The van der Waals surface area contributed by atoms with E-state index in [2.05, 4.69) is 0 Å². The van der Waals surface area contributed by atoms with Crippen molar-refractivity contribution in [1.29, 1.82) is 0 Å². The van der Waals surface area contributed by atoms with Gasteiger partial charge in [-0.3, -0.25) is 14.4 Å². The Balaban J connectivity index is 2.14. The Kier molecular flexibility index (Phi) is 3.70. The van der Waals surface area contributed by atoms with Crippen molar-refractivity contribution < 1.29 is 14.4 Å². The van der Waals surface area contributed by atoms with Gasteiger partial charge in [0, 0.05) is 19.3 Å². The number of hydrogen-bond donors (Lipinski definition) is 0. The molecule has 0 bridgehead atoms. The maximum absolute atomic E-state index is 12.1. The number of ketones is 3. The van der Waals surface area contributed by atoms with Crippen LogP contribution in [0.4, 0.5) is 0 Å². The molecule has 0 aliphatic heterocycles. The summed E-state index contributed by atoms with van der Waals surface area (Å²) in [6, 6.07) is 7.55. The minimum absolute atomic E-state index is 0.175. The van der Waals surface area contributed by atoms with E-state index in [1.165, 1.54) is 0 Å². The van der Waals surface area contributed by atoms with Crippen LogP contribution in [-0.2, 0) is 20.8 Å². The molecule has 1 aromatic rings. The lowest BCUT2D eigenvalue weighted by Crippen LogP contribution is -2.36. The highest BCUT2D eigenvalue weighted by molar-refractivity contribution is 6.20. The Bertz CT molecular complexity index is 486. The number of aryl methyl sites for hydroxylation is 1. The molecule has 0 saturated heterocycles. The largest absolute Gasteiger partial charge is 0.298 e. The summed E-state index contributed by atoms with van der Waals surface area (Å²) in [6.07, 6.45) is 1.48. The van der Waals surface area contributed by atoms with Gasteiger partial charge in [0.2, 0.25) is 0 Å². The van der Waals surface area contributed by atoms with Gasteiger partial charge < -0.3 is 0 Å². The average Bonchev–Trinajstić information content (AvgIpc) is 2.32. The van der Waals surface area contributed by atoms with Crippen LogP contribution in [0.3, 0.4) is 0 Å². The first kappa shape index (κ1) is 12.7. The molecule has 0 unspecified atom stereocenters. The van der Waals surface area contributed by atoms with Gasteiger partial charge >= 0.3 is 0 Å². The molecular weight excluding hydrogens is 228 g/mol. The summed E-state index contributed by atoms with van der Waals surface area (Å²) in [7, 11) is 0. The number of hydrogen-bond acceptors (Lipinski definition) is 3. The molecule has 0 aromatic heterocycles. The highest BCUT2D eigenvalue weighted by atomic mass is 16.2. The normalized spacial score (nSPS) is 16.9. The van der Waals surface area contributed by atoms with Crippen molar-refractivity contribution in [2.75, 3.05) is 0 Å². The highest BCUT2D eigenvalue weighted by Gasteiger charge is 2.35. The van der Waals surface area contributed by atoms with Crippen molar-refractivity contribution >= 4 is 17.3 Å². The first-order valence-corrected chi connectivity index (χ1v) is 6.22. The number of Topliss-reactive ketones (excluding diaryl/α,β-unsaturated/α-hetero) is 3. The molecule has 0 atom stereocenters. The van der Waals surface area contributed by atoms with E-state index < -0.39 is 5.92 Å². The summed E-state index contributed by atoms with van der Waals surface area (Å²) in [5.41, 5.74) is 1.91. The van der Waals surface area contributed by atoms with Crippen LogP contribution in [0.2, 0.25) is 0 Å². The summed E-state index contributed by atoms with van der Waals surface area (Å²) in [5.74, 6) is -1.66. The molecule has 94 valence electrons. The van der Waals surface area contributed by atoms with Crippen LogP contribution >= 0.6 is 0 Å². The van der Waals surface area contributed by atoms with Crippen LogP contribution in [0, 0.1) is 12.8 Å². The lowest BCUT2D eigenvalue weighted by molar-refractivity contribution is -0.141. The fourth-order valence-electron chi connectivity index (χ4n) is 2.36. The number of benzene rings is 1. The van der Waals surface area contributed by atoms with Crippen LogP contribution in [-0.4, -0.2) is 17.3 Å². The van der Waals surface area contributed by atoms with Crippen LogP contribution < -0.4 is 0 Å². The van der Waals surface area contributed by atoms with Crippen LogP contribution in [0.1, 0.15) is 30.4 Å². The minimum Gasteiger partial charge on any atom is -0.298 e. The molecule has 0 N–H and O–H groups in total. The van der Waals surface area contributed by atoms with E-state index in [0.29, 0.717) is 19.3 Å². The molecule has 0 spiro atoms. The number of rotatable bonds is 3. The second kappa shape index (κ2) is 5.25. The van der Waals surface area contributed by atoms with Crippen molar-refractivity contribution in [3.63, 3.8) is 0 Å². The Hall–Kier alpha value is -1.77. The lowest BCUT2D eigenvalue weighted by Gasteiger charge is -2.18. The van der Waals surface area contributed by atoms with Gasteiger partial charge in [-0.1, -0.05) is 24.3 Å². The first-order valence-electron chi connectivity index (χ1n) is 6.22. The van der Waals surface area contributed by atoms with Gasteiger partial charge in [0.1, 0.15) is 5.92 Å². The fourth-order valence-corrected chi connectivity index (χ4v) is 2.36. The maximum atomic E-state index is 12.1. The third-order valence-electron chi connectivity index (χ3n) is 3.44. The Labute approximate surface area is 106 Å². The van der Waals surface area contributed by atoms with E-state index in [4.69, 9.17) is 0 Å². The molecule has 1 saturated carbocycles. The van der Waals surface area contributed by atoms with Gasteiger partial charge in [-0.2, -0.15) is 0 Å². The van der Waals surface area contributed by atoms with Gasteiger partial charge in [0.15, 0.2) is 17.3 Å². The van der Waals surface area contributed by atoms with Gasteiger partial charge in [-0.25, -0.2) is 0 Å².